The largest absolute Gasteiger partial charge is 0.857 e. The van der Waals surface area contributed by atoms with Crippen LogP contribution in [0.3, 0.4) is 0 Å². The molecule has 7 heteroatoms. The number of hydrogen-bond donors (Lipinski definition) is 0. The number of nitrogens with zero attached hydrogens (tertiary/aromatic N) is 3. The monoisotopic (exact) mass is 439 g/mol. The summed E-state index contributed by atoms with van der Waals surface area (Å²) in [6.07, 6.45) is -2.33. The molecule has 0 saturated heterocycles. The van der Waals surface area contributed by atoms with E-state index in [1.165, 1.54) is 72.4 Å². The fraction of sp³-hybridized carbons (Fsp3) is 0.957. The molecule has 0 fully saturated rings. The van der Waals surface area contributed by atoms with Crippen LogP contribution in [0.2, 0.25) is 0 Å². The molecule has 0 aliphatic carbocycles. The Balaban J connectivity index is -0.0000000921. The zero-order valence-corrected chi connectivity index (χ0v) is 22.8. The molecule has 0 radical (unpaired) electrons. The van der Waals surface area contributed by atoms with Gasteiger partial charge in [0.1, 0.15) is 0 Å². The van der Waals surface area contributed by atoms with E-state index < -0.39 is 6.16 Å². The zero-order chi connectivity index (χ0) is 25.4. The Hall–Kier alpha value is -0.890. The quantitative estimate of drug-likeness (QED) is 0.502. The highest BCUT2D eigenvalue weighted by Crippen LogP contribution is 1.99. The third-order valence-corrected chi connectivity index (χ3v) is 6.87. The second-order valence-corrected chi connectivity index (χ2v) is 7.95. The van der Waals surface area contributed by atoms with Gasteiger partial charge in [-0.05, 0) is 68.5 Å². The van der Waals surface area contributed by atoms with Crippen LogP contribution in [0.5, 0.6) is 0 Å². The van der Waals surface area contributed by atoms with Crippen molar-refractivity contribution in [3.63, 3.8) is 0 Å². The van der Waals surface area contributed by atoms with Gasteiger partial charge in [-0.2, -0.15) is 7.11 Å². The smallest absolute Gasteiger partial charge is 0.0755 e. The van der Waals surface area contributed by atoms with E-state index in [0.29, 0.717) is 0 Å². The molecule has 0 spiro atoms. The first-order chi connectivity index (χ1) is 13.8. The Morgan fingerprint density at radius 1 is 0.467 bits per heavy atom. The van der Waals surface area contributed by atoms with Crippen LogP contribution in [-0.2, 0) is 0 Å². The van der Waals surface area contributed by atoms with E-state index in [4.69, 9.17) is 20.1 Å². The van der Waals surface area contributed by atoms with E-state index >= 15 is 0 Å². The number of carbonyl (C=O) groups is 1. The topological polar surface area (TPSA) is 86.2 Å². The highest BCUT2D eigenvalue weighted by atomic mass is 16.6. The highest BCUT2D eigenvalue weighted by molar-refractivity contribution is 5.47. The molecule has 0 bridgehead atoms. The van der Waals surface area contributed by atoms with Crippen LogP contribution in [0.1, 0.15) is 62.3 Å². The molecule has 0 aromatic carbocycles. The van der Waals surface area contributed by atoms with Crippen LogP contribution in [0, 0.1) is 0 Å². The summed E-state index contributed by atoms with van der Waals surface area (Å²) in [6.45, 7) is 31.5. The van der Waals surface area contributed by atoms with Crippen LogP contribution >= 0.6 is 0 Å². The van der Waals surface area contributed by atoms with Gasteiger partial charge in [-0.1, -0.05) is 0 Å². The third-order valence-electron chi connectivity index (χ3n) is 6.87. The van der Waals surface area contributed by atoms with Crippen LogP contribution in [0.25, 0.3) is 0 Å². The van der Waals surface area contributed by atoms with Gasteiger partial charge in [-0.25, -0.2) is 0 Å². The highest BCUT2D eigenvalue weighted by Gasteiger charge is 2.12. The van der Waals surface area contributed by atoms with Gasteiger partial charge in [0.2, 0.25) is 0 Å². The van der Waals surface area contributed by atoms with E-state index in [0.717, 1.165) is 7.11 Å². The summed E-state index contributed by atoms with van der Waals surface area (Å²) in [4.78, 5) is 8.33. The van der Waals surface area contributed by atoms with Crippen molar-refractivity contribution in [2.45, 2.75) is 62.3 Å². The molecule has 188 valence electrons. The second kappa shape index (κ2) is 24.4. The predicted octanol–water partition coefficient (Wildman–Crippen LogP) is 1.01. The van der Waals surface area contributed by atoms with Crippen molar-refractivity contribution >= 4 is 6.16 Å². The lowest BCUT2D eigenvalue weighted by Gasteiger charge is -2.30. The molecule has 0 aromatic rings. The van der Waals surface area contributed by atoms with Crippen molar-refractivity contribution in [1.82, 2.24) is 0 Å². The summed E-state index contributed by atoms with van der Waals surface area (Å²) in [5.74, 6) is 0. The van der Waals surface area contributed by atoms with Crippen LogP contribution in [0.15, 0.2) is 0 Å². The van der Waals surface area contributed by atoms with Crippen molar-refractivity contribution in [3.8, 4) is 0 Å². The normalized spacial score (nSPS) is 10.6. The maximum atomic E-state index is 8.33. The van der Waals surface area contributed by atoms with Crippen LogP contribution in [0.4, 0.5) is 4.79 Å². The molecule has 7 nitrogen and oxygen atoms in total. The first-order valence-corrected chi connectivity index (χ1v) is 11.6. The Morgan fingerprint density at radius 3 is 0.533 bits per heavy atom. The maximum Gasteiger partial charge on any atom is 0.0755 e. The number of carbonyl (C=O) groups excluding carboxylic acids is 1. The molecule has 0 N–H and O–H groups in total. The molecule has 0 aliphatic heterocycles. The Bertz CT molecular complexity index is 270. The van der Waals surface area contributed by atoms with Gasteiger partial charge in [0.05, 0.1) is 80.0 Å². The molecule has 0 saturated carbocycles. The van der Waals surface area contributed by atoms with Crippen LogP contribution in [-0.4, -0.2) is 107 Å². The average molecular weight is 440 g/mol. The molecule has 0 aromatic heterocycles. The first kappa shape index (κ1) is 39.6. The molecule has 30 heavy (non-hydrogen) atoms. The average Bonchev–Trinajstić information content (AvgIpc) is 2.79. The Kier molecular flexibility index (Phi) is 32.2. The summed E-state index contributed by atoms with van der Waals surface area (Å²) in [5, 5.41) is 24.9. The summed E-state index contributed by atoms with van der Waals surface area (Å²) in [5.41, 5.74) is 0. The lowest BCUT2D eigenvalue weighted by molar-refractivity contribution is -0.904. The predicted molar refractivity (Wildman–Crippen MR) is 125 cm³/mol. The van der Waals surface area contributed by atoms with E-state index in [1.807, 2.05) is 0 Å². The van der Waals surface area contributed by atoms with E-state index in [-0.39, 0.29) is 0 Å². The SMILES string of the molecule is CC[N+](C)(CC)CC.CC[N+](C)(CC)CC.CC[N+](C)(CC)CC.C[O-].O=C([O-])[O-]. The van der Waals surface area contributed by atoms with Gasteiger partial charge in [0.25, 0.3) is 0 Å². The number of quaternary nitrogens is 3. The fourth-order valence-corrected chi connectivity index (χ4v) is 2.01. The maximum absolute atomic E-state index is 8.33. The number of hydrogen-bond acceptors (Lipinski definition) is 4. The van der Waals surface area contributed by atoms with Gasteiger partial charge in [-0.15, -0.1) is 0 Å². The number of carboxylic acid groups (broad SMARTS) is 2. The molecule has 0 atom stereocenters. The third kappa shape index (κ3) is 27.1. The van der Waals surface area contributed by atoms with Crippen molar-refractivity contribution < 1.29 is 33.6 Å². The van der Waals surface area contributed by atoms with Gasteiger partial charge in [0.15, 0.2) is 0 Å². The fourth-order valence-electron chi connectivity index (χ4n) is 2.01. The number of rotatable bonds is 9. The van der Waals surface area contributed by atoms with Crippen molar-refractivity contribution in [2.75, 3.05) is 87.2 Å². The van der Waals surface area contributed by atoms with E-state index in [2.05, 4.69) is 83.5 Å². The van der Waals surface area contributed by atoms with Gasteiger partial charge < -0.3 is 33.6 Å². The van der Waals surface area contributed by atoms with Gasteiger partial charge in [-0.3, -0.25) is 0 Å². The Labute approximate surface area is 189 Å². The summed E-state index contributed by atoms with van der Waals surface area (Å²) < 4.78 is 3.63. The minimum atomic E-state index is -2.33. The second-order valence-electron chi connectivity index (χ2n) is 7.95. The van der Waals surface area contributed by atoms with E-state index in [1.54, 1.807) is 0 Å². The minimum Gasteiger partial charge on any atom is -0.857 e. The molecular weight excluding hydrogens is 382 g/mol. The summed E-state index contributed by atoms with van der Waals surface area (Å²) >= 11 is 0. The molecule has 0 unspecified atom stereocenters. The van der Waals surface area contributed by atoms with Crippen molar-refractivity contribution in [2.24, 2.45) is 0 Å². The van der Waals surface area contributed by atoms with Crippen molar-refractivity contribution in [3.05, 3.63) is 0 Å². The van der Waals surface area contributed by atoms with Crippen molar-refractivity contribution in [1.29, 1.82) is 0 Å². The summed E-state index contributed by atoms with van der Waals surface area (Å²) in [7, 11) is 7.62. The standard InChI is InChI=1S/3C7H18N.CH2O3.CH3O/c3*1-5-8(4,6-2)7-3;2-1(3)4;1-2/h3*5-7H2,1-4H3;(H2,2,3,4);1H3/q3*+1;;-1/p-2. The molecule has 0 rings (SSSR count). The zero-order valence-electron chi connectivity index (χ0n) is 22.8. The molecule has 0 amide bonds. The molecule has 0 heterocycles. The van der Waals surface area contributed by atoms with Gasteiger partial charge in [0, 0.05) is 0 Å². The Morgan fingerprint density at radius 2 is 0.533 bits per heavy atom. The minimum absolute atomic E-state index is 0.750. The summed E-state index contributed by atoms with van der Waals surface area (Å²) in [6, 6.07) is 0. The van der Waals surface area contributed by atoms with E-state index in [9.17, 15) is 0 Å². The lowest BCUT2D eigenvalue weighted by Crippen LogP contribution is -2.42. The van der Waals surface area contributed by atoms with Gasteiger partial charge >= 0.3 is 0 Å². The van der Waals surface area contributed by atoms with Crippen LogP contribution < -0.4 is 15.3 Å². The molecular formula is C23H57N3O4. The first-order valence-electron chi connectivity index (χ1n) is 11.6. The molecule has 0 aliphatic rings. The lowest BCUT2D eigenvalue weighted by atomic mass is 10.4.